The molecule has 23 heavy (non-hydrogen) atoms. The maximum Gasteiger partial charge on any atom is -0.0153 e. The molecule has 3 unspecified atom stereocenters. The van der Waals surface area contributed by atoms with E-state index in [1.54, 1.807) is 11.1 Å². The van der Waals surface area contributed by atoms with Crippen LogP contribution in [-0.4, -0.2) is 0 Å². The molecule has 0 N–H and O–H groups in total. The van der Waals surface area contributed by atoms with E-state index in [0.717, 1.165) is 11.8 Å². The Morgan fingerprint density at radius 3 is 1.87 bits per heavy atom. The normalized spacial score (nSPS) is 14.0. The zero-order valence-electron chi connectivity index (χ0n) is 16.0. The van der Waals surface area contributed by atoms with Crippen LogP contribution in [0.4, 0.5) is 0 Å². The van der Waals surface area contributed by atoms with Crippen molar-refractivity contribution in [3.63, 3.8) is 0 Å². The fourth-order valence-corrected chi connectivity index (χ4v) is 4.43. The zero-order valence-corrected chi connectivity index (χ0v) is 17.2. The summed E-state index contributed by atoms with van der Waals surface area (Å²) < 4.78 is 0. The molecule has 0 bridgehead atoms. The van der Waals surface area contributed by atoms with E-state index >= 15 is 0 Å². The molecule has 1 aromatic carbocycles. The molecular formula is C22H39P. The average Bonchev–Trinajstić information content (AvgIpc) is 2.55. The van der Waals surface area contributed by atoms with Crippen molar-refractivity contribution in [2.75, 3.05) is 0 Å². The van der Waals surface area contributed by atoms with Gasteiger partial charge in [-0.15, -0.1) is 9.24 Å². The Kier molecular flexibility index (Phi) is 10.9. The molecule has 0 aromatic heterocycles. The summed E-state index contributed by atoms with van der Waals surface area (Å²) in [5.74, 6) is 1.51. The Morgan fingerprint density at radius 2 is 1.30 bits per heavy atom. The highest BCUT2D eigenvalue weighted by Crippen LogP contribution is 2.36. The number of rotatable bonds is 12. The Bertz CT molecular complexity index is 424. The first kappa shape index (κ1) is 20.7. The molecule has 0 saturated heterocycles. The van der Waals surface area contributed by atoms with Gasteiger partial charge >= 0.3 is 0 Å². The van der Waals surface area contributed by atoms with Gasteiger partial charge in [0, 0.05) is 0 Å². The molecule has 0 aliphatic rings. The van der Waals surface area contributed by atoms with Crippen LogP contribution in [0.1, 0.15) is 115 Å². The number of unbranched alkanes of at least 4 members (excludes halogenated alkanes) is 2. The molecule has 0 aliphatic heterocycles. The molecule has 0 heterocycles. The van der Waals surface area contributed by atoms with Gasteiger partial charge in [-0.3, -0.25) is 0 Å². The fraction of sp³-hybridized carbons (Fsp3) is 0.727. The van der Waals surface area contributed by atoms with E-state index in [-0.39, 0.29) is 0 Å². The van der Waals surface area contributed by atoms with Crippen molar-refractivity contribution in [1.29, 1.82) is 0 Å². The predicted octanol–water partition coefficient (Wildman–Crippen LogP) is 7.33. The van der Waals surface area contributed by atoms with Crippen molar-refractivity contribution in [2.24, 2.45) is 0 Å². The second-order valence-corrected chi connectivity index (χ2v) is 7.73. The van der Waals surface area contributed by atoms with E-state index in [9.17, 15) is 0 Å². The minimum Gasteiger partial charge on any atom is -0.105 e. The van der Waals surface area contributed by atoms with Crippen LogP contribution >= 0.6 is 9.24 Å². The summed E-state index contributed by atoms with van der Waals surface area (Å²) in [6.45, 7) is 9.31. The maximum absolute atomic E-state index is 3.03. The first-order valence-corrected chi connectivity index (χ1v) is 10.6. The minimum atomic E-state index is 0.754. The van der Waals surface area contributed by atoms with Crippen LogP contribution in [0.15, 0.2) is 18.2 Å². The zero-order chi connectivity index (χ0) is 17.1. The van der Waals surface area contributed by atoms with Gasteiger partial charge in [0.05, 0.1) is 0 Å². The van der Waals surface area contributed by atoms with Crippen LogP contribution < -0.4 is 5.30 Å². The van der Waals surface area contributed by atoms with Crippen LogP contribution in [0, 0.1) is 0 Å². The second-order valence-electron chi connectivity index (χ2n) is 7.11. The lowest BCUT2D eigenvalue weighted by Gasteiger charge is -2.27. The van der Waals surface area contributed by atoms with E-state index in [1.165, 1.54) is 69.5 Å². The average molecular weight is 335 g/mol. The summed E-state index contributed by atoms with van der Waals surface area (Å²) in [7, 11) is 3.03. The topological polar surface area (TPSA) is 0 Å². The monoisotopic (exact) mass is 334 g/mol. The third-order valence-corrected chi connectivity index (χ3v) is 5.61. The molecule has 0 aliphatic carbocycles. The maximum atomic E-state index is 3.03. The summed E-state index contributed by atoms with van der Waals surface area (Å²) in [6.07, 6.45) is 13.3. The van der Waals surface area contributed by atoms with Crippen LogP contribution in [0.25, 0.3) is 0 Å². The van der Waals surface area contributed by atoms with Gasteiger partial charge in [-0.25, -0.2) is 0 Å². The first-order valence-electron chi connectivity index (χ1n) is 10.1. The van der Waals surface area contributed by atoms with E-state index in [4.69, 9.17) is 0 Å². The third-order valence-electron chi connectivity index (χ3n) is 5.11. The number of hydrogen-bond donors (Lipinski definition) is 0. The Hall–Kier alpha value is -0.350. The fourth-order valence-electron chi connectivity index (χ4n) is 3.92. The molecule has 3 atom stereocenters. The largest absolute Gasteiger partial charge is 0.105 e. The summed E-state index contributed by atoms with van der Waals surface area (Å²) in [5.41, 5.74) is 3.35. The Morgan fingerprint density at radius 1 is 0.739 bits per heavy atom. The highest BCUT2D eigenvalue weighted by Gasteiger charge is 2.21. The Balaban J connectivity index is 3.16. The van der Waals surface area contributed by atoms with Gasteiger partial charge in [0.15, 0.2) is 0 Å². The van der Waals surface area contributed by atoms with Gasteiger partial charge < -0.3 is 0 Å². The Labute approximate surface area is 148 Å². The van der Waals surface area contributed by atoms with Gasteiger partial charge in [-0.1, -0.05) is 84.4 Å². The molecule has 0 amide bonds. The van der Waals surface area contributed by atoms with Gasteiger partial charge in [-0.05, 0) is 54.0 Å². The van der Waals surface area contributed by atoms with Crippen LogP contribution in [0.5, 0.6) is 0 Å². The van der Waals surface area contributed by atoms with Crippen molar-refractivity contribution in [2.45, 2.75) is 104 Å². The molecule has 0 nitrogen and oxygen atoms in total. The van der Waals surface area contributed by atoms with Crippen molar-refractivity contribution in [1.82, 2.24) is 0 Å². The lowest BCUT2D eigenvalue weighted by Crippen LogP contribution is -2.15. The summed E-state index contributed by atoms with van der Waals surface area (Å²) in [6, 6.07) is 7.02. The molecule has 1 rings (SSSR count). The van der Waals surface area contributed by atoms with Crippen molar-refractivity contribution in [3.8, 4) is 0 Å². The smallest absolute Gasteiger partial charge is 0.0153 e. The third kappa shape index (κ3) is 6.58. The van der Waals surface area contributed by atoms with Gasteiger partial charge in [0.2, 0.25) is 0 Å². The standard InChI is InChI=1S/C22H39P/c1-5-9-14-18(12-7-3)20-16-11-17-21(23)22(20)19(13-8-4)15-10-6-2/h11,16-19H,5-10,12-15,23H2,1-4H3. The molecule has 1 aromatic rings. The van der Waals surface area contributed by atoms with Crippen LogP contribution in [0.2, 0.25) is 0 Å². The number of hydrogen-bond acceptors (Lipinski definition) is 0. The van der Waals surface area contributed by atoms with E-state index < -0.39 is 0 Å². The molecule has 0 spiro atoms. The molecule has 0 radical (unpaired) electrons. The van der Waals surface area contributed by atoms with Gasteiger partial charge in [0.25, 0.3) is 0 Å². The van der Waals surface area contributed by atoms with E-state index in [2.05, 4.69) is 55.1 Å². The molecule has 0 fully saturated rings. The van der Waals surface area contributed by atoms with Gasteiger partial charge in [0.1, 0.15) is 0 Å². The quantitative estimate of drug-likeness (QED) is 0.351. The lowest BCUT2D eigenvalue weighted by molar-refractivity contribution is 0.509. The lowest BCUT2D eigenvalue weighted by atomic mass is 9.80. The summed E-state index contributed by atoms with van der Waals surface area (Å²) in [5, 5.41) is 1.45. The summed E-state index contributed by atoms with van der Waals surface area (Å²) in [4.78, 5) is 0. The highest BCUT2D eigenvalue weighted by atomic mass is 31.0. The second kappa shape index (κ2) is 12.1. The molecule has 132 valence electrons. The first-order chi connectivity index (χ1) is 11.2. The SMILES string of the molecule is CCCCC(CCC)c1cccc(P)c1C(CCC)CCCC. The predicted molar refractivity (Wildman–Crippen MR) is 110 cm³/mol. The highest BCUT2D eigenvalue weighted by molar-refractivity contribution is 7.27. The van der Waals surface area contributed by atoms with Crippen molar-refractivity contribution < 1.29 is 0 Å². The molecular weight excluding hydrogens is 295 g/mol. The summed E-state index contributed by atoms with van der Waals surface area (Å²) >= 11 is 0. The molecule has 1 heteroatoms. The van der Waals surface area contributed by atoms with Crippen molar-refractivity contribution in [3.05, 3.63) is 29.3 Å². The van der Waals surface area contributed by atoms with Crippen LogP contribution in [-0.2, 0) is 0 Å². The van der Waals surface area contributed by atoms with Crippen molar-refractivity contribution >= 4 is 14.5 Å². The molecule has 0 saturated carbocycles. The van der Waals surface area contributed by atoms with E-state index in [0.29, 0.717) is 0 Å². The van der Waals surface area contributed by atoms with Gasteiger partial charge in [-0.2, -0.15) is 0 Å². The minimum absolute atomic E-state index is 0.754. The van der Waals surface area contributed by atoms with E-state index in [1.807, 2.05) is 0 Å². The van der Waals surface area contributed by atoms with Crippen LogP contribution in [0.3, 0.4) is 0 Å². The number of benzene rings is 1.